The Kier molecular flexibility index (Phi) is 9.27. The minimum atomic E-state index is -0.461. The molecule has 222 valence electrons. The molecule has 5 rings (SSSR count). The normalized spacial score (nSPS) is 12.4. The van der Waals surface area contributed by atoms with Gasteiger partial charge in [-0.3, -0.25) is 28.5 Å². The molecule has 1 aromatic heterocycles. The molecule has 0 spiro atoms. The molecule has 0 saturated carbocycles. The van der Waals surface area contributed by atoms with Crippen LogP contribution < -0.4 is 22.0 Å². The number of phenolic OH excluding ortho intramolecular Hbond substituents is 1. The van der Waals surface area contributed by atoms with Crippen LogP contribution in [-0.2, 0) is 19.5 Å². The largest absolute Gasteiger partial charge is 0.508 e. The molecule has 0 unspecified atom stereocenters. The number of hydrogen-bond acceptors (Lipinski definition) is 8. The predicted molar refractivity (Wildman–Crippen MR) is 171 cm³/mol. The highest BCUT2D eigenvalue weighted by atomic mass is 79.9. The maximum atomic E-state index is 14.0. The van der Waals surface area contributed by atoms with Crippen LogP contribution in [0.25, 0.3) is 32.7 Å². The van der Waals surface area contributed by atoms with Crippen LogP contribution in [0.3, 0.4) is 0 Å². The Labute approximate surface area is 256 Å². The van der Waals surface area contributed by atoms with E-state index in [-0.39, 0.29) is 53.5 Å². The molecule has 0 bridgehead atoms. The van der Waals surface area contributed by atoms with Gasteiger partial charge in [-0.15, -0.1) is 12.4 Å². The lowest BCUT2D eigenvalue weighted by molar-refractivity contribution is 0.353. The van der Waals surface area contributed by atoms with E-state index in [2.05, 4.69) is 15.9 Å². The first-order chi connectivity index (χ1) is 19.5. The molecule has 3 aromatic rings. The minimum Gasteiger partial charge on any atom is -0.508 e. The summed E-state index contributed by atoms with van der Waals surface area (Å²) in [5.74, 6) is -0.0525. The van der Waals surface area contributed by atoms with Crippen LogP contribution >= 0.6 is 28.3 Å². The van der Waals surface area contributed by atoms with E-state index in [1.807, 2.05) is 38.0 Å². The van der Waals surface area contributed by atoms with Crippen molar-refractivity contribution < 1.29 is 10.2 Å². The second kappa shape index (κ2) is 12.4. The van der Waals surface area contributed by atoms with Gasteiger partial charge in [-0.1, -0.05) is 12.1 Å². The van der Waals surface area contributed by atoms with Gasteiger partial charge in [-0.05, 0) is 80.4 Å². The first-order valence-electron chi connectivity index (χ1n) is 13.3. The Morgan fingerprint density at radius 1 is 0.810 bits per heavy atom. The summed E-state index contributed by atoms with van der Waals surface area (Å²) in [4.78, 5) is 50.0. The lowest BCUT2D eigenvalue weighted by Gasteiger charge is -2.21. The van der Waals surface area contributed by atoms with Crippen LogP contribution in [0.5, 0.6) is 11.6 Å². The standard InChI is InChI=1S/C30H32BrN5O5.ClH/c1-33(2)11-13-35-28(39)20-16-22(32-10-9-17-5-7-18(37)8-6-17)26-24-19(15-21(31)25(23(20)24)29(35)40)27(38)36(30(26)41)14-12-34(3)4;/h5-8,15-16,37-38H,9-14H2,1-4H3;1H. The number of aromatic nitrogens is 2. The van der Waals surface area contributed by atoms with Gasteiger partial charge in [0.2, 0.25) is 5.88 Å². The van der Waals surface area contributed by atoms with Gasteiger partial charge in [0.1, 0.15) is 5.75 Å². The van der Waals surface area contributed by atoms with E-state index in [1.165, 1.54) is 9.13 Å². The Morgan fingerprint density at radius 2 is 1.40 bits per heavy atom. The van der Waals surface area contributed by atoms with Gasteiger partial charge in [-0.25, -0.2) is 0 Å². The first kappa shape index (κ1) is 31.4. The van der Waals surface area contributed by atoms with Crippen molar-refractivity contribution >= 4 is 49.9 Å². The Hall–Kier alpha value is -3.51. The van der Waals surface area contributed by atoms with Crippen molar-refractivity contribution in [2.24, 2.45) is 4.99 Å². The van der Waals surface area contributed by atoms with Crippen molar-refractivity contribution in [3.05, 3.63) is 82.9 Å². The van der Waals surface area contributed by atoms with Crippen LogP contribution in [0.15, 0.2) is 60.2 Å². The molecule has 0 saturated heterocycles. The smallest absolute Gasteiger partial charge is 0.263 e. The van der Waals surface area contributed by atoms with Gasteiger partial charge in [0.15, 0.2) is 0 Å². The molecule has 0 amide bonds. The summed E-state index contributed by atoms with van der Waals surface area (Å²) in [6, 6.07) is 10.1. The molecule has 0 atom stereocenters. The summed E-state index contributed by atoms with van der Waals surface area (Å²) in [6.45, 7) is 1.75. The van der Waals surface area contributed by atoms with Crippen molar-refractivity contribution in [3.63, 3.8) is 0 Å². The third kappa shape index (κ3) is 5.61. The average molecular weight is 659 g/mol. The number of nitrogens with zero attached hydrogens (tertiary/aromatic N) is 5. The molecule has 1 aliphatic carbocycles. The number of aromatic hydroxyl groups is 2. The number of rotatable bonds is 9. The van der Waals surface area contributed by atoms with Crippen molar-refractivity contribution in [3.8, 4) is 22.8 Å². The molecule has 1 aliphatic heterocycles. The van der Waals surface area contributed by atoms with Crippen LogP contribution in [-0.4, -0.2) is 77.0 Å². The lowest BCUT2D eigenvalue weighted by Crippen LogP contribution is -2.39. The van der Waals surface area contributed by atoms with Gasteiger partial charge in [0, 0.05) is 53.5 Å². The summed E-state index contributed by atoms with van der Waals surface area (Å²) < 4.78 is 2.98. The summed E-state index contributed by atoms with van der Waals surface area (Å²) in [5.41, 5.74) is 0.228. The van der Waals surface area contributed by atoms with Crippen molar-refractivity contribution in [1.29, 1.82) is 0 Å². The zero-order chi connectivity index (χ0) is 29.6. The molecular weight excluding hydrogens is 626 g/mol. The third-order valence-electron chi connectivity index (χ3n) is 7.39. The second-order valence-electron chi connectivity index (χ2n) is 10.8. The molecule has 2 aliphatic rings. The molecule has 2 aromatic carbocycles. The number of benzene rings is 3. The fraction of sp³-hybridized carbons (Fsp3) is 0.333. The molecule has 10 nitrogen and oxygen atoms in total. The number of hydrogen-bond donors (Lipinski definition) is 2. The Morgan fingerprint density at radius 3 is 2.02 bits per heavy atom. The van der Waals surface area contributed by atoms with E-state index in [4.69, 9.17) is 4.99 Å². The molecule has 2 N–H and O–H groups in total. The zero-order valence-corrected chi connectivity index (χ0v) is 26.3. The SMILES string of the molecule is CN(C)CCn1c(O)c2cc(Br)c3c4c2c(c(=NCCc2ccc(O)cc2)cc-4c(=O)n(CCN(C)C)c3=O)c1=O.Cl. The van der Waals surface area contributed by atoms with Crippen molar-refractivity contribution in [2.45, 2.75) is 19.5 Å². The molecule has 42 heavy (non-hydrogen) atoms. The zero-order valence-electron chi connectivity index (χ0n) is 23.8. The summed E-state index contributed by atoms with van der Waals surface area (Å²) in [5, 5.41) is 22.5. The van der Waals surface area contributed by atoms with Gasteiger partial charge >= 0.3 is 0 Å². The number of pyridine rings is 2. The van der Waals surface area contributed by atoms with Gasteiger partial charge in [0.05, 0.1) is 21.7 Å². The Balaban J connectivity index is 0.00000405. The minimum absolute atomic E-state index is 0. The Bertz CT molecular complexity index is 1950. The summed E-state index contributed by atoms with van der Waals surface area (Å²) in [7, 11) is 7.49. The van der Waals surface area contributed by atoms with E-state index in [1.54, 1.807) is 36.4 Å². The van der Waals surface area contributed by atoms with Crippen LogP contribution in [0, 0.1) is 0 Å². The molecule has 12 heteroatoms. The van der Waals surface area contributed by atoms with Gasteiger partial charge in [-0.2, -0.15) is 0 Å². The highest BCUT2D eigenvalue weighted by molar-refractivity contribution is 9.10. The average Bonchev–Trinajstić information content (AvgIpc) is 2.91. The monoisotopic (exact) mass is 657 g/mol. The van der Waals surface area contributed by atoms with Crippen LogP contribution in [0.4, 0.5) is 0 Å². The maximum Gasteiger partial charge on any atom is 0.263 e. The molecule has 0 radical (unpaired) electrons. The third-order valence-corrected chi connectivity index (χ3v) is 8.01. The first-order valence-corrected chi connectivity index (χ1v) is 14.1. The highest BCUT2D eigenvalue weighted by Gasteiger charge is 2.28. The fourth-order valence-corrected chi connectivity index (χ4v) is 5.81. The molecule has 0 fully saturated rings. The molecular formula is C30H33BrClN5O5. The number of halogens is 2. The van der Waals surface area contributed by atoms with E-state index in [0.29, 0.717) is 52.2 Å². The van der Waals surface area contributed by atoms with Crippen molar-refractivity contribution in [1.82, 2.24) is 18.9 Å². The maximum absolute atomic E-state index is 14.0. The summed E-state index contributed by atoms with van der Waals surface area (Å²) in [6.07, 6.45) is 0.544. The highest BCUT2D eigenvalue weighted by Crippen LogP contribution is 2.40. The number of phenols is 1. The lowest BCUT2D eigenvalue weighted by atomic mass is 9.90. The second-order valence-corrected chi connectivity index (χ2v) is 11.7. The van der Waals surface area contributed by atoms with Gasteiger partial charge in [0.25, 0.3) is 16.7 Å². The van der Waals surface area contributed by atoms with Gasteiger partial charge < -0.3 is 20.0 Å². The fourth-order valence-electron chi connectivity index (χ4n) is 5.21. The quantitative estimate of drug-likeness (QED) is 0.234. The predicted octanol–water partition coefficient (Wildman–Crippen LogP) is 2.52. The van der Waals surface area contributed by atoms with Crippen LogP contribution in [0.2, 0.25) is 0 Å². The van der Waals surface area contributed by atoms with E-state index >= 15 is 0 Å². The molecule has 2 heterocycles. The van der Waals surface area contributed by atoms with E-state index in [0.717, 1.165) is 5.56 Å². The summed E-state index contributed by atoms with van der Waals surface area (Å²) >= 11 is 3.52. The van der Waals surface area contributed by atoms with Crippen molar-refractivity contribution in [2.75, 3.05) is 47.8 Å². The van der Waals surface area contributed by atoms with Crippen LogP contribution in [0.1, 0.15) is 5.56 Å². The van der Waals surface area contributed by atoms with E-state index in [9.17, 15) is 24.6 Å². The van der Waals surface area contributed by atoms with E-state index < -0.39 is 16.7 Å². The number of likely N-dealkylation sites (N-methyl/N-ethyl adjacent to an activating group) is 2. The topological polar surface area (TPSA) is 120 Å².